The molecule has 138 valence electrons. The molecule has 0 aliphatic heterocycles. The monoisotopic (exact) mass is 442 g/mol. The summed E-state index contributed by atoms with van der Waals surface area (Å²) in [6, 6.07) is 11.3. The summed E-state index contributed by atoms with van der Waals surface area (Å²) >= 11 is 4.99. The molecule has 3 aromatic rings. The van der Waals surface area contributed by atoms with Gasteiger partial charge in [-0.2, -0.15) is 0 Å². The van der Waals surface area contributed by atoms with E-state index in [1.165, 1.54) is 0 Å². The Labute approximate surface area is 171 Å². The van der Waals surface area contributed by atoms with Gasteiger partial charge < -0.3 is 0 Å². The molecule has 27 heavy (non-hydrogen) atoms. The topological polar surface area (TPSA) is 60.7 Å². The van der Waals surface area contributed by atoms with Crippen LogP contribution in [-0.2, 0) is 6.54 Å². The van der Waals surface area contributed by atoms with Crippen molar-refractivity contribution < 1.29 is 4.79 Å². The van der Waals surface area contributed by atoms with Crippen LogP contribution in [0.4, 0.5) is 0 Å². The lowest BCUT2D eigenvalue weighted by Gasteiger charge is -2.07. The average molecular weight is 443 g/mol. The molecule has 0 amide bonds. The summed E-state index contributed by atoms with van der Waals surface area (Å²) in [5.74, 6) is 1.76. The molecule has 0 N–H and O–H groups in total. The first-order chi connectivity index (χ1) is 13.2. The molecule has 0 saturated heterocycles. The lowest BCUT2D eigenvalue weighted by Crippen LogP contribution is -2.02. The zero-order chi connectivity index (χ0) is 19.1. The van der Waals surface area contributed by atoms with Crippen LogP contribution in [0, 0.1) is 0 Å². The third-order valence-corrected chi connectivity index (χ3v) is 5.49. The van der Waals surface area contributed by atoms with Crippen molar-refractivity contribution in [2.75, 3.05) is 5.75 Å². The lowest BCUT2D eigenvalue weighted by atomic mass is 10.1. The molecular weight excluding hydrogens is 424 g/mol. The first-order valence-electron chi connectivity index (χ1n) is 8.55. The van der Waals surface area contributed by atoms with E-state index in [9.17, 15) is 4.79 Å². The molecule has 7 heteroatoms. The summed E-state index contributed by atoms with van der Waals surface area (Å²) in [7, 11) is 0. The Bertz CT molecular complexity index is 909. The van der Waals surface area contributed by atoms with Crippen LogP contribution < -0.4 is 0 Å². The van der Waals surface area contributed by atoms with E-state index in [1.807, 2.05) is 47.0 Å². The summed E-state index contributed by atoms with van der Waals surface area (Å²) in [6.45, 7) is 4.45. The molecule has 2 aromatic heterocycles. The van der Waals surface area contributed by atoms with E-state index in [-0.39, 0.29) is 5.78 Å². The minimum atomic E-state index is 0.160. The Kier molecular flexibility index (Phi) is 6.95. The second-order valence-electron chi connectivity index (χ2n) is 5.82. The zero-order valence-electron chi connectivity index (χ0n) is 14.7. The van der Waals surface area contributed by atoms with E-state index in [0.717, 1.165) is 38.8 Å². The number of Topliss-reactive ketones (excluding diaryl/α,β-unsaturated/α-hetero) is 1. The Morgan fingerprint density at radius 2 is 1.89 bits per heavy atom. The maximum Gasteiger partial charge on any atom is 0.191 e. The van der Waals surface area contributed by atoms with Crippen molar-refractivity contribution >= 4 is 33.5 Å². The molecule has 0 spiro atoms. The smallest absolute Gasteiger partial charge is 0.191 e. The van der Waals surface area contributed by atoms with E-state index >= 15 is 0 Å². The van der Waals surface area contributed by atoms with Gasteiger partial charge in [-0.05, 0) is 30.7 Å². The number of halogens is 1. The molecule has 5 nitrogen and oxygen atoms in total. The van der Waals surface area contributed by atoms with Crippen LogP contribution in [0.5, 0.6) is 0 Å². The van der Waals surface area contributed by atoms with Crippen molar-refractivity contribution in [1.29, 1.82) is 0 Å². The van der Waals surface area contributed by atoms with Gasteiger partial charge in [-0.1, -0.05) is 45.9 Å². The minimum absolute atomic E-state index is 0.160. The first-order valence-corrected chi connectivity index (χ1v) is 10.3. The van der Waals surface area contributed by atoms with Gasteiger partial charge in [0.25, 0.3) is 0 Å². The number of aromatic nitrogens is 4. The Balaban J connectivity index is 1.59. The highest BCUT2D eigenvalue weighted by Gasteiger charge is 2.13. The van der Waals surface area contributed by atoms with Crippen molar-refractivity contribution in [1.82, 2.24) is 19.7 Å². The number of ketones is 1. The summed E-state index contributed by atoms with van der Waals surface area (Å²) in [5.41, 5.74) is 1.72. The molecule has 3 rings (SSSR count). The highest BCUT2D eigenvalue weighted by atomic mass is 79.9. The van der Waals surface area contributed by atoms with Crippen molar-refractivity contribution in [2.45, 2.75) is 24.5 Å². The van der Waals surface area contributed by atoms with E-state index in [1.54, 1.807) is 24.2 Å². The van der Waals surface area contributed by atoms with Crippen LogP contribution >= 0.6 is 27.7 Å². The number of nitrogens with zero attached hydrogens (tertiary/aromatic N) is 4. The fourth-order valence-electron chi connectivity index (χ4n) is 2.58. The molecule has 0 radical (unpaired) electrons. The highest BCUT2D eigenvalue weighted by molar-refractivity contribution is 9.10. The second kappa shape index (κ2) is 9.62. The molecule has 0 aliphatic carbocycles. The number of allylic oxidation sites excluding steroid dienone is 1. The maximum absolute atomic E-state index is 12.2. The highest BCUT2D eigenvalue weighted by Crippen LogP contribution is 2.24. The maximum atomic E-state index is 12.2. The van der Waals surface area contributed by atoms with Gasteiger partial charge in [-0.3, -0.25) is 14.3 Å². The molecule has 0 aliphatic rings. The number of carbonyl (C=O) groups excluding carboxylic acids is 1. The van der Waals surface area contributed by atoms with Gasteiger partial charge in [0.2, 0.25) is 0 Å². The molecule has 1 aromatic carbocycles. The second-order valence-corrected chi connectivity index (χ2v) is 7.80. The third kappa shape index (κ3) is 5.14. The number of carbonyl (C=O) groups is 1. The van der Waals surface area contributed by atoms with Crippen molar-refractivity contribution in [3.05, 3.63) is 71.5 Å². The molecule has 0 unspecified atom stereocenters. The molecule has 0 atom stereocenters. The summed E-state index contributed by atoms with van der Waals surface area (Å²) < 4.78 is 3.00. The molecule has 0 fully saturated rings. The Morgan fingerprint density at radius 1 is 1.15 bits per heavy atom. The van der Waals surface area contributed by atoms with Gasteiger partial charge in [0.1, 0.15) is 0 Å². The van der Waals surface area contributed by atoms with Crippen LogP contribution in [0.1, 0.15) is 23.2 Å². The van der Waals surface area contributed by atoms with Crippen LogP contribution in [0.25, 0.3) is 11.4 Å². The number of benzene rings is 1. The fraction of sp³-hybridized carbons (Fsp3) is 0.200. The van der Waals surface area contributed by atoms with Crippen LogP contribution in [0.15, 0.2) is 71.1 Å². The van der Waals surface area contributed by atoms with Gasteiger partial charge in [-0.25, -0.2) is 0 Å². The summed E-state index contributed by atoms with van der Waals surface area (Å²) in [6.07, 6.45) is 6.60. The minimum Gasteiger partial charge on any atom is -0.298 e. The van der Waals surface area contributed by atoms with Crippen LogP contribution in [0.2, 0.25) is 0 Å². The first kappa shape index (κ1) is 19.5. The van der Waals surface area contributed by atoms with E-state index in [0.29, 0.717) is 13.0 Å². The van der Waals surface area contributed by atoms with Gasteiger partial charge in [-0.15, -0.1) is 16.8 Å². The largest absolute Gasteiger partial charge is 0.298 e. The van der Waals surface area contributed by atoms with Crippen molar-refractivity contribution in [3.8, 4) is 11.4 Å². The number of hydrogen-bond donors (Lipinski definition) is 0. The number of hydrogen-bond acceptors (Lipinski definition) is 5. The standard InChI is InChI=1S/C20H19BrN4OS/c1-2-13-25-19(16-9-11-22-12-10-16)23-24-20(25)27-14-3-4-18(26)15-5-7-17(21)8-6-15/h2,5-12H,1,3-4,13-14H2. The Morgan fingerprint density at radius 3 is 2.59 bits per heavy atom. The third-order valence-electron chi connectivity index (χ3n) is 3.91. The van der Waals surface area contributed by atoms with Crippen molar-refractivity contribution in [3.63, 3.8) is 0 Å². The number of pyridine rings is 1. The summed E-state index contributed by atoms with van der Waals surface area (Å²) in [4.78, 5) is 16.3. The van der Waals surface area contributed by atoms with Gasteiger partial charge in [0.15, 0.2) is 16.8 Å². The fourth-order valence-corrected chi connectivity index (χ4v) is 3.73. The van der Waals surface area contributed by atoms with E-state index < -0.39 is 0 Å². The SMILES string of the molecule is C=CCn1c(SCCCC(=O)c2ccc(Br)cc2)nnc1-c1ccncc1. The summed E-state index contributed by atoms with van der Waals surface area (Å²) in [5, 5.41) is 9.46. The quantitative estimate of drug-likeness (QED) is 0.201. The lowest BCUT2D eigenvalue weighted by molar-refractivity contribution is 0.0982. The Hall–Kier alpha value is -2.25. The average Bonchev–Trinajstić information content (AvgIpc) is 3.09. The van der Waals surface area contributed by atoms with Crippen LogP contribution in [-0.4, -0.2) is 31.3 Å². The molecule has 0 bridgehead atoms. The molecule has 0 saturated carbocycles. The number of rotatable bonds is 9. The molecule has 2 heterocycles. The van der Waals surface area contributed by atoms with Crippen LogP contribution in [0.3, 0.4) is 0 Å². The molecular formula is C20H19BrN4OS. The van der Waals surface area contributed by atoms with Crippen molar-refractivity contribution in [2.24, 2.45) is 0 Å². The number of thioether (sulfide) groups is 1. The van der Waals surface area contributed by atoms with E-state index in [4.69, 9.17) is 0 Å². The predicted octanol–water partition coefficient (Wildman–Crippen LogP) is 5.04. The van der Waals surface area contributed by atoms with Gasteiger partial charge in [0.05, 0.1) is 0 Å². The van der Waals surface area contributed by atoms with Gasteiger partial charge >= 0.3 is 0 Å². The predicted molar refractivity (Wildman–Crippen MR) is 112 cm³/mol. The van der Waals surface area contributed by atoms with E-state index in [2.05, 4.69) is 37.7 Å². The normalized spacial score (nSPS) is 10.7. The van der Waals surface area contributed by atoms with Gasteiger partial charge in [0, 0.05) is 46.7 Å². The zero-order valence-corrected chi connectivity index (χ0v) is 17.1.